The Morgan fingerprint density at radius 3 is 3.00 bits per heavy atom. The Hall–Kier alpha value is -1.26. The minimum atomic E-state index is -0.219. The lowest BCUT2D eigenvalue weighted by Gasteiger charge is -2.37. The topological polar surface area (TPSA) is 52.6 Å². The van der Waals surface area contributed by atoms with E-state index in [1.54, 1.807) is 6.07 Å². The van der Waals surface area contributed by atoms with Crippen LogP contribution in [-0.4, -0.2) is 30.1 Å². The molecule has 0 radical (unpaired) electrons. The molecule has 98 valence electrons. The summed E-state index contributed by atoms with van der Waals surface area (Å²) in [6.07, 6.45) is 0.710. The van der Waals surface area contributed by atoms with Gasteiger partial charge >= 0.3 is 0 Å². The predicted molar refractivity (Wildman–Crippen MR) is 71.8 cm³/mol. The molecule has 18 heavy (non-hydrogen) atoms. The van der Waals surface area contributed by atoms with Crippen molar-refractivity contribution >= 4 is 23.2 Å². The Balaban J connectivity index is 2.43. The molecule has 1 aliphatic heterocycles. The van der Waals surface area contributed by atoms with E-state index < -0.39 is 0 Å². The van der Waals surface area contributed by atoms with E-state index in [-0.39, 0.29) is 18.6 Å². The van der Waals surface area contributed by atoms with Crippen molar-refractivity contribution in [1.29, 1.82) is 0 Å². The molecule has 0 bridgehead atoms. The molecule has 1 saturated heterocycles. The number of aliphatic hydroxyl groups is 1. The normalized spacial score (nSPS) is 19.8. The third-order valence-corrected chi connectivity index (χ3v) is 3.55. The smallest absolute Gasteiger partial charge is 0.242 e. The number of halogens is 1. The number of carbonyl (C=O) groups excluding carboxylic acids is 1. The van der Waals surface area contributed by atoms with E-state index >= 15 is 0 Å². The number of nitrogens with zero attached hydrogens (tertiary/aromatic N) is 1. The molecule has 2 rings (SSSR count). The fourth-order valence-electron chi connectivity index (χ4n) is 2.40. The van der Waals surface area contributed by atoms with E-state index in [2.05, 4.69) is 5.32 Å². The van der Waals surface area contributed by atoms with Crippen molar-refractivity contribution < 1.29 is 9.90 Å². The molecule has 1 amide bonds. The highest BCUT2D eigenvalue weighted by atomic mass is 35.5. The molecular weight excluding hydrogens is 252 g/mol. The number of nitrogens with one attached hydrogen (secondary N) is 1. The highest BCUT2D eigenvalue weighted by Gasteiger charge is 2.30. The van der Waals surface area contributed by atoms with Gasteiger partial charge in [0.15, 0.2) is 0 Å². The van der Waals surface area contributed by atoms with E-state index in [0.717, 1.165) is 11.3 Å². The maximum absolute atomic E-state index is 11.9. The van der Waals surface area contributed by atoms with Crippen LogP contribution in [0.4, 0.5) is 5.69 Å². The Morgan fingerprint density at radius 1 is 1.56 bits per heavy atom. The first-order valence-electron chi connectivity index (χ1n) is 6.11. The average molecular weight is 269 g/mol. The first-order chi connectivity index (χ1) is 8.69. The Kier molecular flexibility index (Phi) is 4.09. The largest absolute Gasteiger partial charge is 0.392 e. The third-order valence-electron chi connectivity index (χ3n) is 3.25. The molecule has 5 heteroatoms. The van der Waals surface area contributed by atoms with Crippen molar-refractivity contribution in [3.05, 3.63) is 28.8 Å². The van der Waals surface area contributed by atoms with Crippen LogP contribution in [0.3, 0.4) is 0 Å². The predicted octanol–water partition coefficient (Wildman–Crippen LogP) is 1.55. The second-order valence-corrected chi connectivity index (χ2v) is 4.72. The van der Waals surface area contributed by atoms with Gasteiger partial charge in [-0.1, -0.05) is 30.7 Å². The molecule has 1 heterocycles. The van der Waals surface area contributed by atoms with E-state index in [1.807, 2.05) is 24.0 Å². The fourth-order valence-corrected chi connectivity index (χ4v) is 2.70. The SMILES string of the molecule is CCC1C(=O)NCCN1c1c(Cl)cccc1CO. The Bertz CT molecular complexity index is 451. The second kappa shape index (κ2) is 5.59. The number of hydrogen-bond donors (Lipinski definition) is 2. The molecule has 0 spiro atoms. The molecule has 1 unspecified atom stereocenters. The van der Waals surface area contributed by atoms with Crippen LogP contribution >= 0.6 is 11.6 Å². The maximum atomic E-state index is 11.9. The minimum Gasteiger partial charge on any atom is -0.392 e. The van der Waals surface area contributed by atoms with E-state index in [9.17, 15) is 9.90 Å². The van der Waals surface area contributed by atoms with Crippen LogP contribution in [0.25, 0.3) is 0 Å². The van der Waals surface area contributed by atoms with Crippen molar-refractivity contribution in [3.63, 3.8) is 0 Å². The first kappa shape index (κ1) is 13.2. The van der Waals surface area contributed by atoms with Gasteiger partial charge in [-0.25, -0.2) is 0 Å². The minimum absolute atomic E-state index is 0.0209. The fraction of sp³-hybridized carbons (Fsp3) is 0.462. The van der Waals surface area contributed by atoms with Crippen molar-refractivity contribution in [3.8, 4) is 0 Å². The van der Waals surface area contributed by atoms with Crippen molar-refractivity contribution in [2.75, 3.05) is 18.0 Å². The number of aliphatic hydroxyl groups excluding tert-OH is 1. The summed E-state index contributed by atoms with van der Waals surface area (Å²) in [7, 11) is 0. The quantitative estimate of drug-likeness (QED) is 0.875. The van der Waals surface area contributed by atoms with Crippen molar-refractivity contribution in [2.24, 2.45) is 0 Å². The van der Waals surface area contributed by atoms with E-state index in [1.165, 1.54) is 0 Å². The van der Waals surface area contributed by atoms with Gasteiger partial charge in [-0.3, -0.25) is 4.79 Å². The molecule has 1 atom stereocenters. The lowest BCUT2D eigenvalue weighted by Crippen LogP contribution is -2.55. The number of para-hydroxylation sites is 1. The number of rotatable bonds is 3. The zero-order valence-corrected chi connectivity index (χ0v) is 11.1. The summed E-state index contributed by atoms with van der Waals surface area (Å²) in [6, 6.07) is 5.21. The molecule has 4 nitrogen and oxygen atoms in total. The molecule has 0 aliphatic carbocycles. The second-order valence-electron chi connectivity index (χ2n) is 4.31. The lowest BCUT2D eigenvalue weighted by molar-refractivity contribution is -0.123. The molecule has 1 aromatic carbocycles. The number of anilines is 1. The lowest BCUT2D eigenvalue weighted by atomic mass is 10.1. The summed E-state index contributed by atoms with van der Waals surface area (Å²) < 4.78 is 0. The zero-order chi connectivity index (χ0) is 13.1. The summed E-state index contributed by atoms with van der Waals surface area (Å²) in [5.74, 6) is 0.0209. The summed E-state index contributed by atoms with van der Waals surface area (Å²) >= 11 is 6.23. The highest BCUT2D eigenvalue weighted by Crippen LogP contribution is 2.32. The average Bonchev–Trinajstić information content (AvgIpc) is 2.38. The number of carbonyl (C=O) groups is 1. The molecule has 0 aromatic heterocycles. The monoisotopic (exact) mass is 268 g/mol. The summed E-state index contributed by atoms with van der Waals surface area (Å²) in [4.78, 5) is 13.9. The van der Waals surface area contributed by atoms with Crippen LogP contribution in [-0.2, 0) is 11.4 Å². The Labute approximate surface area is 112 Å². The first-order valence-corrected chi connectivity index (χ1v) is 6.49. The van der Waals surface area contributed by atoms with Gasteiger partial charge < -0.3 is 15.3 Å². The van der Waals surface area contributed by atoms with Gasteiger partial charge in [0.25, 0.3) is 0 Å². The van der Waals surface area contributed by atoms with E-state index in [0.29, 0.717) is 24.5 Å². The number of piperazine rings is 1. The Morgan fingerprint density at radius 2 is 2.33 bits per heavy atom. The molecule has 1 fully saturated rings. The van der Waals surface area contributed by atoms with Gasteiger partial charge in [0.1, 0.15) is 6.04 Å². The third kappa shape index (κ3) is 2.31. The summed E-state index contributed by atoms with van der Waals surface area (Å²) in [5, 5.41) is 12.8. The van der Waals surface area contributed by atoms with Gasteiger partial charge in [0.05, 0.1) is 17.3 Å². The summed E-state index contributed by atoms with van der Waals surface area (Å²) in [5.41, 5.74) is 1.54. The number of hydrogen-bond acceptors (Lipinski definition) is 3. The van der Waals surface area contributed by atoms with Crippen LogP contribution < -0.4 is 10.2 Å². The van der Waals surface area contributed by atoms with Gasteiger partial charge in [-0.2, -0.15) is 0 Å². The van der Waals surface area contributed by atoms with E-state index in [4.69, 9.17) is 11.6 Å². The van der Waals surface area contributed by atoms with Gasteiger partial charge in [0, 0.05) is 18.7 Å². The van der Waals surface area contributed by atoms with Gasteiger partial charge in [-0.15, -0.1) is 0 Å². The molecule has 0 saturated carbocycles. The van der Waals surface area contributed by atoms with Crippen LogP contribution in [0.1, 0.15) is 18.9 Å². The van der Waals surface area contributed by atoms with Crippen molar-refractivity contribution in [1.82, 2.24) is 5.32 Å². The van der Waals surface area contributed by atoms with Gasteiger partial charge in [0.2, 0.25) is 5.91 Å². The molecule has 1 aliphatic rings. The maximum Gasteiger partial charge on any atom is 0.242 e. The summed E-state index contributed by atoms with van der Waals surface area (Å²) in [6.45, 7) is 3.20. The standard InChI is InChI=1S/C13H17ClN2O2/c1-2-11-13(18)15-6-7-16(11)12-9(8-17)4-3-5-10(12)14/h3-5,11,17H,2,6-8H2,1H3,(H,15,18). The van der Waals surface area contributed by atoms with Crippen LogP contribution in [0.15, 0.2) is 18.2 Å². The zero-order valence-electron chi connectivity index (χ0n) is 10.3. The molecular formula is C13H17ClN2O2. The highest BCUT2D eigenvalue weighted by molar-refractivity contribution is 6.33. The molecule has 2 N–H and O–H groups in total. The number of amides is 1. The van der Waals surface area contributed by atoms with Gasteiger partial charge in [-0.05, 0) is 12.5 Å². The van der Waals surface area contributed by atoms with Crippen molar-refractivity contribution in [2.45, 2.75) is 26.0 Å². The molecule has 1 aromatic rings. The van der Waals surface area contributed by atoms with Crippen LogP contribution in [0.5, 0.6) is 0 Å². The number of benzene rings is 1. The van der Waals surface area contributed by atoms with Crippen LogP contribution in [0.2, 0.25) is 5.02 Å². The van der Waals surface area contributed by atoms with Crippen LogP contribution in [0, 0.1) is 0 Å².